The molecular formula is C14H25N3OS. The predicted molar refractivity (Wildman–Crippen MR) is 80.8 cm³/mol. The van der Waals surface area contributed by atoms with Crippen LogP contribution in [0.15, 0.2) is 0 Å². The third-order valence-corrected chi connectivity index (χ3v) is 4.53. The van der Waals surface area contributed by atoms with Crippen molar-refractivity contribution in [3.63, 3.8) is 0 Å². The van der Waals surface area contributed by atoms with Crippen LogP contribution in [-0.4, -0.2) is 32.2 Å². The molecule has 1 N–H and O–H groups in total. The second kappa shape index (κ2) is 7.22. The van der Waals surface area contributed by atoms with Crippen molar-refractivity contribution >= 4 is 16.5 Å². The van der Waals surface area contributed by atoms with E-state index in [4.69, 9.17) is 9.72 Å². The lowest BCUT2D eigenvalue weighted by Crippen LogP contribution is -2.19. The molecule has 0 radical (unpaired) electrons. The van der Waals surface area contributed by atoms with E-state index in [0.717, 1.165) is 42.8 Å². The highest BCUT2D eigenvalue weighted by Gasteiger charge is 2.24. The molecule has 0 aliphatic heterocycles. The molecule has 0 amide bonds. The van der Waals surface area contributed by atoms with Crippen molar-refractivity contribution in [2.24, 2.45) is 5.92 Å². The molecule has 108 valence electrons. The van der Waals surface area contributed by atoms with Crippen LogP contribution < -0.4 is 10.2 Å². The van der Waals surface area contributed by atoms with Gasteiger partial charge in [0.1, 0.15) is 0 Å². The molecule has 0 unspecified atom stereocenters. The van der Waals surface area contributed by atoms with Gasteiger partial charge < -0.3 is 15.0 Å². The van der Waals surface area contributed by atoms with Gasteiger partial charge in [0.25, 0.3) is 0 Å². The van der Waals surface area contributed by atoms with Crippen LogP contribution in [-0.2, 0) is 17.9 Å². The summed E-state index contributed by atoms with van der Waals surface area (Å²) in [5.41, 5.74) is 1.09. The summed E-state index contributed by atoms with van der Waals surface area (Å²) < 4.78 is 5.26. The van der Waals surface area contributed by atoms with Gasteiger partial charge in [-0.3, -0.25) is 0 Å². The quantitative estimate of drug-likeness (QED) is 0.707. The van der Waals surface area contributed by atoms with Gasteiger partial charge in [0.2, 0.25) is 0 Å². The molecule has 0 atom stereocenters. The Hall–Kier alpha value is -0.650. The van der Waals surface area contributed by atoms with E-state index in [-0.39, 0.29) is 0 Å². The van der Waals surface area contributed by atoms with Crippen molar-refractivity contribution in [2.75, 3.05) is 32.1 Å². The lowest BCUT2D eigenvalue weighted by atomic mass is 10.3. The van der Waals surface area contributed by atoms with Crippen LogP contribution in [0.1, 0.15) is 36.8 Å². The molecule has 5 heteroatoms. The van der Waals surface area contributed by atoms with Crippen LogP contribution in [0.4, 0.5) is 5.13 Å². The van der Waals surface area contributed by atoms with Crippen molar-refractivity contribution < 1.29 is 4.74 Å². The summed E-state index contributed by atoms with van der Waals surface area (Å²) in [4.78, 5) is 8.35. The number of rotatable bonds is 9. The molecule has 1 aromatic heterocycles. The fourth-order valence-corrected chi connectivity index (χ4v) is 3.07. The third-order valence-electron chi connectivity index (χ3n) is 3.32. The normalized spacial score (nSPS) is 14.9. The smallest absolute Gasteiger partial charge is 0.185 e. The van der Waals surface area contributed by atoms with E-state index in [0.29, 0.717) is 6.61 Å². The van der Waals surface area contributed by atoms with Crippen LogP contribution in [0.3, 0.4) is 0 Å². The van der Waals surface area contributed by atoms with Crippen molar-refractivity contribution in [2.45, 2.75) is 39.3 Å². The van der Waals surface area contributed by atoms with Crippen LogP contribution in [0.25, 0.3) is 0 Å². The molecule has 19 heavy (non-hydrogen) atoms. The molecular weight excluding hydrogens is 258 g/mol. The van der Waals surface area contributed by atoms with Gasteiger partial charge in [0.05, 0.1) is 12.3 Å². The zero-order valence-corrected chi connectivity index (χ0v) is 13.1. The van der Waals surface area contributed by atoms with Crippen molar-refractivity contribution in [1.82, 2.24) is 10.3 Å². The summed E-state index contributed by atoms with van der Waals surface area (Å²) in [6.45, 7) is 5.89. The molecule has 0 aromatic carbocycles. The van der Waals surface area contributed by atoms with Crippen molar-refractivity contribution in [1.29, 1.82) is 0 Å². The Morgan fingerprint density at radius 2 is 2.26 bits per heavy atom. The number of anilines is 1. The maximum absolute atomic E-state index is 5.26. The maximum Gasteiger partial charge on any atom is 0.185 e. The number of ether oxygens (including phenoxy) is 1. The fourth-order valence-electron chi connectivity index (χ4n) is 2.07. The highest BCUT2D eigenvalue weighted by Crippen LogP contribution is 2.33. The second-order valence-corrected chi connectivity index (χ2v) is 6.36. The average Bonchev–Trinajstić information content (AvgIpc) is 3.11. The van der Waals surface area contributed by atoms with E-state index in [9.17, 15) is 0 Å². The molecule has 0 spiro atoms. The van der Waals surface area contributed by atoms with Gasteiger partial charge in [0.15, 0.2) is 5.13 Å². The van der Waals surface area contributed by atoms with Gasteiger partial charge in [-0.05, 0) is 31.7 Å². The van der Waals surface area contributed by atoms with E-state index in [1.54, 1.807) is 18.4 Å². The maximum atomic E-state index is 5.26. The minimum Gasteiger partial charge on any atom is -0.378 e. The SMILES string of the molecule is CCCNCc1sc(N(C)CC2CC2)nc1COC. The van der Waals surface area contributed by atoms with Crippen LogP contribution >= 0.6 is 11.3 Å². The standard InChI is InChI=1S/C14H25N3OS/c1-4-7-15-8-13-12(10-18-3)16-14(19-13)17(2)9-11-5-6-11/h11,15H,4-10H2,1-3H3. The Kier molecular flexibility index (Phi) is 5.60. The summed E-state index contributed by atoms with van der Waals surface area (Å²) in [6.07, 6.45) is 3.92. The van der Waals surface area contributed by atoms with E-state index in [1.807, 2.05) is 0 Å². The second-order valence-electron chi connectivity index (χ2n) is 5.30. The summed E-state index contributed by atoms with van der Waals surface area (Å²) in [5, 5.41) is 4.58. The summed E-state index contributed by atoms with van der Waals surface area (Å²) in [7, 11) is 3.88. The van der Waals surface area contributed by atoms with Gasteiger partial charge in [-0.25, -0.2) is 4.98 Å². The third kappa shape index (κ3) is 4.44. The van der Waals surface area contributed by atoms with Gasteiger partial charge >= 0.3 is 0 Å². The van der Waals surface area contributed by atoms with E-state index >= 15 is 0 Å². The Morgan fingerprint density at radius 1 is 1.47 bits per heavy atom. The Labute approximate surface area is 120 Å². The highest BCUT2D eigenvalue weighted by molar-refractivity contribution is 7.15. The fraction of sp³-hybridized carbons (Fsp3) is 0.786. The Bertz CT molecular complexity index is 390. The zero-order valence-electron chi connectivity index (χ0n) is 12.2. The monoisotopic (exact) mass is 283 g/mol. The number of hydrogen-bond donors (Lipinski definition) is 1. The molecule has 1 aliphatic rings. The molecule has 4 nitrogen and oxygen atoms in total. The van der Waals surface area contributed by atoms with Gasteiger partial charge in [0, 0.05) is 32.1 Å². The van der Waals surface area contributed by atoms with Gasteiger partial charge in [-0.15, -0.1) is 11.3 Å². The lowest BCUT2D eigenvalue weighted by Gasteiger charge is -2.14. The zero-order chi connectivity index (χ0) is 13.7. The Morgan fingerprint density at radius 3 is 2.89 bits per heavy atom. The highest BCUT2D eigenvalue weighted by atomic mass is 32.1. The number of nitrogens with one attached hydrogen (secondary N) is 1. The molecule has 1 fully saturated rings. The molecule has 1 aliphatic carbocycles. The number of hydrogen-bond acceptors (Lipinski definition) is 5. The van der Waals surface area contributed by atoms with Crippen molar-refractivity contribution in [3.8, 4) is 0 Å². The predicted octanol–water partition coefficient (Wildman–Crippen LogP) is 2.64. The van der Waals surface area contributed by atoms with E-state index in [1.165, 1.54) is 17.7 Å². The van der Waals surface area contributed by atoms with E-state index < -0.39 is 0 Å². The van der Waals surface area contributed by atoms with Crippen LogP contribution in [0, 0.1) is 5.92 Å². The summed E-state index contributed by atoms with van der Waals surface area (Å²) in [5.74, 6) is 0.890. The first-order valence-corrected chi connectivity index (χ1v) is 7.95. The molecule has 1 heterocycles. The first kappa shape index (κ1) is 14.8. The summed E-state index contributed by atoms with van der Waals surface area (Å²) >= 11 is 1.80. The van der Waals surface area contributed by atoms with Crippen molar-refractivity contribution in [3.05, 3.63) is 10.6 Å². The lowest BCUT2D eigenvalue weighted by molar-refractivity contribution is 0.181. The first-order valence-electron chi connectivity index (χ1n) is 7.14. The largest absolute Gasteiger partial charge is 0.378 e. The molecule has 1 saturated carbocycles. The number of aromatic nitrogens is 1. The average molecular weight is 283 g/mol. The molecule has 1 aromatic rings. The van der Waals surface area contributed by atoms with Crippen LogP contribution in [0.5, 0.6) is 0 Å². The van der Waals surface area contributed by atoms with Crippen LogP contribution in [0.2, 0.25) is 0 Å². The van der Waals surface area contributed by atoms with E-state index in [2.05, 4.69) is 24.2 Å². The number of methoxy groups -OCH3 is 1. The van der Waals surface area contributed by atoms with Gasteiger partial charge in [-0.1, -0.05) is 6.92 Å². The number of nitrogens with zero attached hydrogens (tertiary/aromatic N) is 2. The minimum atomic E-state index is 0.608. The summed E-state index contributed by atoms with van der Waals surface area (Å²) in [6, 6.07) is 0. The first-order chi connectivity index (χ1) is 9.24. The van der Waals surface area contributed by atoms with Gasteiger partial charge in [-0.2, -0.15) is 0 Å². The molecule has 0 saturated heterocycles. The molecule has 0 bridgehead atoms. The topological polar surface area (TPSA) is 37.4 Å². The molecule has 2 rings (SSSR count). The number of thiazole rings is 1. The minimum absolute atomic E-state index is 0.608. The Balaban J connectivity index is 1.99.